The average molecular weight is 521 g/mol. The van der Waals surface area contributed by atoms with Crippen molar-refractivity contribution in [2.75, 3.05) is 49.7 Å². The monoisotopic (exact) mass is 520 g/mol. The number of hydrogen-bond donors (Lipinski definition) is 2. The third-order valence-electron chi connectivity index (χ3n) is 7.85. The fraction of sp³-hybridized carbons (Fsp3) is 0.462. The molecule has 0 aliphatic carbocycles. The molecule has 38 heavy (non-hydrogen) atoms. The van der Waals surface area contributed by atoms with Crippen LogP contribution in [-0.2, 0) is 24.8 Å². The van der Waals surface area contributed by atoms with Gasteiger partial charge >= 0.3 is 6.09 Å². The van der Waals surface area contributed by atoms with Crippen LogP contribution < -0.4 is 9.80 Å². The van der Waals surface area contributed by atoms with Crippen molar-refractivity contribution in [1.29, 1.82) is 0 Å². The molecule has 5 heterocycles. The number of anilines is 3. The molecule has 2 aromatic heterocycles. The van der Waals surface area contributed by atoms with Crippen LogP contribution in [0.15, 0.2) is 29.7 Å². The topological polar surface area (TPSA) is 124 Å². The normalized spacial score (nSPS) is 18.2. The molecule has 0 radical (unpaired) electrons. The molecule has 1 amide bonds. The summed E-state index contributed by atoms with van der Waals surface area (Å²) in [6, 6.07) is 4.35. The van der Waals surface area contributed by atoms with Crippen molar-refractivity contribution < 1.29 is 19.8 Å². The van der Waals surface area contributed by atoms with E-state index in [0.29, 0.717) is 39.3 Å². The van der Waals surface area contributed by atoms with Gasteiger partial charge in [-0.3, -0.25) is 9.36 Å². The molecule has 12 nitrogen and oxygen atoms in total. The van der Waals surface area contributed by atoms with Crippen LogP contribution in [0.1, 0.15) is 35.7 Å². The predicted molar refractivity (Wildman–Crippen MR) is 142 cm³/mol. The van der Waals surface area contributed by atoms with Gasteiger partial charge in [-0.05, 0) is 30.5 Å². The molecule has 0 spiro atoms. The number of carboxylic acid groups (broad SMARTS) is 1. The van der Waals surface area contributed by atoms with Gasteiger partial charge in [-0.25, -0.2) is 4.79 Å². The number of aromatic nitrogens is 4. The maximum absolute atomic E-state index is 11.9. The molecule has 1 aromatic carbocycles. The number of ether oxygens (including phenoxy) is 1. The Kier molecular flexibility index (Phi) is 6.18. The highest BCUT2D eigenvalue weighted by Crippen LogP contribution is 2.44. The summed E-state index contributed by atoms with van der Waals surface area (Å²) in [5.41, 5.74) is 6.63. The van der Waals surface area contributed by atoms with Gasteiger partial charge in [0.2, 0.25) is 0 Å². The van der Waals surface area contributed by atoms with Crippen molar-refractivity contribution >= 4 is 29.5 Å². The van der Waals surface area contributed by atoms with E-state index >= 15 is 0 Å². The summed E-state index contributed by atoms with van der Waals surface area (Å²) in [6.45, 7) is 3.64. The van der Waals surface area contributed by atoms with Gasteiger partial charge in [0, 0.05) is 81.9 Å². The summed E-state index contributed by atoms with van der Waals surface area (Å²) in [5.74, 6) is 0.799. The molecule has 6 rings (SSSR count). The molecule has 3 aliphatic rings. The van der Waals surface area contributed by atoms with Crippen LogP contribution in [0.3, 0.4) is 0 Å². The number of aryl methyl sites for hydroxylation is 1. The Hall–Kier alpha value is -4.06. The van der Waals surface area contributed by atoms with E-state index in [1.54, 1.807) is 10.9 Å². The zero-order chi connectivity index (χ0) is 26.4. The predicted octanol–water partition coefficient (Wildman–Crippen LogP) is 3.07. The largest absolute Gasteiger partial charge is 0.465 e. The molecule has 0 atom stereocenters. The lowest BCUT2D eigenvalue weighted by molar-refractivity contribution is 0.0650. The molecule has 1 fully saturated rings. The van der Waals surface area contributed by atoms with Gasteiger partial charge in [0.05, 0.1) is 36.4 Å². The third-order valence-corrected chi connectivity index (χ3v) is 7.85. The maximum Gasteiger partial charge on any atom is 0.407 e. The SMILES string of the molecule is CN1CCN(c2nn(C3CCOCC3)c3c2CN(C(=O)O)CC3)c2cc(/C=N/O)c(-c3cnn(C)c3)cc21. The molecule has 12 heteroatoms. The minimum atomic E-state index is -0.915. The van der Waals surface area contributed by atoms with Crippen LogP contribution in [0.5, 0.6) is 0 Å². The standard InChI is InChI=1S/C26H32N8O4/c1-30-7-8-33(24-11-17(14-28-37)20(12-23(24)30)18-13-27-31(2)15-18)25-21-16-32(26(35)36)6-3-22(21)34(29-25)19-4-9-38-10-5-19/h11-15,19,37H,3-10,16H2,1-2H3,(H,35,36)/b28-14+. The second kappa shape index (κ2) is 9.67. The lowest BCUT2D eigenvalue weighted by Gasteiger charge is -2.37. The van der Waals surface area contributed by atoms with Gasteiger partial charge in [0.25, 0.3) is 0 Å². The lowest BCUT2D eigenvalue weighted by Crippen LogP contribution is -2.38. The fourth-order valence-corrected chi connectivity index (χ4v) is 5.85. The lowest BCUT2D eigenvalue weighted by atomic mass is 9.98. The molecular formula is C26H32N8O4. The smallest absolute Gasteiger partial charge is 0.407 e. The Morgan fingerprint density at radius 1 is 1.16 bits per heavy atom. The number of rotatable bonds is 4. The van der Waals surface area contributed by atoms with Crippen LogP contribution in [0.4, 0.5) is 22.0 Å². The highest BCUT2D eigenvalue weighted by Gasteiger charge is 2.35. The maximum atomic E-state index is 11.9. The van der Waals surface area contributed by atoms with E-state index in [2.05, 4.69) is 37.9 Å². The number of hydrogen-bond acceptors (Lipinski definition) is 8. The highest BCUT2D eigenvalue weighted by atomic mass is 16.5. The van der Waals surface area contributed by atoms with Gasteiger partial charge in [-0.1, -0.05) is 5.16 Å². The van der Waals surface area contributed by atoms with Crippen molar-refractivity contribution in [3.8, 4) is 11.1 Å². The van der Waals surface area contributed by atoms with Crippen LogP contribution in [0, 0.1) is 0 Å². The van der Waals surface area contributed by atoms with Crippen LogP contribution in [0.25, 0.3) is 11.1 Å². The fourth-order valence-electron chi connectivity index (χ4n) is 5.85. The van der Waals surface area contributed by atoms with Crippen LogP contribution in [-0.4, -0.2) is 87.0 Å². The van der Waals surface area contributed by atoms with E-state index in [9.17, 15) is 15.1 Å². The Balaban J connectivity index is 1.49. The number of amides is 1. The van der Waals surface area contributed by atoms with Crippen molar-refractivity contribution in [2.45, 2.75) is 31.8 Å². The van der Waals surface area contributed by atoms with Gasteiger partial charge in [-0.2, -0.15) is 10.2 Å². The quantitative estimate of drug-likeness (QED) is 0.306. The number of benzene rings is 1. The van der Waals surface area contributed by atoms with E-state index in [-0.39, 0.29) is 6.04 Å². The molecule has 0 bridgehead atoms. The van der Waals surface area contributed by atoms with Gasteiger partial charge in [0.15, 0.2) is 5.82 Å². The third kappa shape index (κ3) is 4.14. The van der Waals surface area contributed by atoms with E-state index in [4.69, 9.17) is 9.84 Å². The zero-order valence-electron chi connectivity index (χ0n) is 21.6. The second-order valence-electron chi connectivity index (χ2n) is 10.1. The molecule has 0 unspecified atom stereocenters. The Bertz CT molecular complexity index is 1390. The molecule has 3 aromatic rings. The molecule has 1 saturated heterocycles. The Morgan fingerprint density at radius 2 is 1.97 bits per heavy atom. The molecule has 2 N–H and O–H groups in total. The van der Waals surface area contributed by atoms with E-state index in [1.165, 1.54) is 11.1 Å². The minimum absolute atomic E-state index is 0.236. The van der Waals surface area contributed by atoms with E-state index in [1.807, 2.05) is 19.3 Å². The zero-order valence-corrected chi connectivity index (χ0v) is 21.6. The summed E-state index contributed by atoms with van der Waals surface area (Å²) in [5, 5.41) is 32.1. The molecule has 200 valence electrons. The van der Waals surface area contributed by atoms with Crippen LogP contribution >= 0.6 is 0 Å². The van der Waals surface area contributed by atoms with Crippen molar-refractivity contribution in [2.24, 2.45) is 12.2 Å². The Morgan fingerprint density at radius 3 is 2.68 bits per heavy atom. The first-order valence-corrected chi connectivity index (χ1v) is 12.9. The summed E-state index contributed by atoms with van der Waals surface area (Å²) < 4.78 is 9.49. The molecule has 3 aliphatic heterocycles. The Labute approximate surface area is 220 Å². The highest BCUT2D eigenvalue weighted by molar-refractivity contribution is 5.96. The number of likely N-dealkylation sites (N-methyl/N-ethyl adjacent to an activating group) is 1. The number of fused-ring (bicyclic) bond motifs is 2. The van der Waals surface area contributed by atoms with Gasteiger partial charge in [-0.15, -0.1) is 0 Å². The average Bonchev–Trinajstić information content (AvgIpc) is 3.53. The van der Waals surface area contributed by atoms with Gasteiger partial charge < -0.3 is 29.8 Å². The van der Waals surface area contributed by atoms with Crippen molar-refractivity contribution in [1.82, 2.24) is 24.5 Å². The van der Waals surface area contributed by atoms with Crippen molar-refractivity contribution in [3.63, 3.8) is 0 Å². The molecule has 0 saturated carbocycles. The van der Waals surface area contributed by atoms with Gasteiger partial charge in [0.1, 0.15) is 0 Å². The number of oxime groups is 1. The first kappa shape index (κ1) is 24.3. The number of nitrogens with zero attached hydrogens (tertiary/aromatic N) is 8. The van der Waals surface area contributed by atoms with Crippen molar-refractivity contribution in [3.05, 3.63) is 41.3 Å². The second-order valence-corrected chi connectivity index (χ2v) is 10.1. The number of carbonyl (C=O) groups is 1. The first-order valence-electron chi connectivity index (χ1n) is 12.9. The van der Waals surface area contributed by atoms with E-state index in [0.717, 1.165) is 64.5 Å². The van der Waals surface area contributed by atoms with E-state index < -0.39 is 6.09 Å². The summed E-state index contributed by atoms with van der Waals surface area (Å²) in [6.07, 6.45) is 6.67. The minimum Gasteiger partial charge on any atom is -0.465 e. The molecular weight excluding hydrogens is 488 g/mol. The summed E-state index contributed by atoms with van der Waals surface area (Å²) in [7, 11) is 3.93. The van der Waals surface area contributed by atoms with Crippen LogP contribution in [0.2, 0.25) is 0 Å². The summed E-state index contributed by atoms with van der Waals surface area (Å²) in [4.78, 5) is 17.8. The first-order chi connectivity index (χ1) is 18.4. The summed E-state index contributed by atoms with van der Waals surface area (Å²) >= 11 is 0.